The Hall–Kier alpha value is -4.19. The lowest BCUT2D eigenvalue weighted by Crippen LogP contribution is -2.33. The van der Waals surface area contributed by atoms with Gasteiger partial charge in [-0.15, -0.1) is 0 Å². The van der Waals surface area contributed by atoms with E-state index in [4.69, 9.17) is 0 Å². The van der Waals surface area contributed by atoms with Crippen LogP contribution in [0.3, 0.4) is 0 Å². The number of rotatable bonds is 6. The monoisotopic (exact) mass is 451 g/mol. The number of aliphatic hydroxyl groups is 1. The summed E-state index contributed by atoms with van der Waals surface area (Å²) in [6.45, 7) is 4.40. The number of pyridine rings is 1. The maximum Gasteiger partial charge on any atom is 0.290 e. The molecule has 1 aliphatic rings. The van der Waals surface area contributed by atoms with Gasteiger partial charge in [0, 0.05) is 41.6 Å². The Labute approximate surface area is 197 Å². The number of hydrogen-bond acceptors (Lipinski definition) is 4. The van der Waals surface area contributed by atoms with Crippen LogP contribution in [0.15, 0.2) is 84.5 Å². The Morgan fingerprint density at radius 1 is 1.09 bits per heavy atom. The average molecular weight is 452 g/mol. The van der Waals surface area contributed by atoms with Crippen LogP contribution >= 0.6 is 0 Å². The van der Waals surface area contributed by atoms with Gasteiger partial charge in [-0.1, -0.05) is 42.0 Å². The van der Waals surface area contributed by atoms with Crippen LogP contribution in [0.2, 0.25) is 0 Å². The third kappa shape index (κ3) is 3.67. The Bertz CT molecular complexity index is 1420. The third-order valence-electron chi connectivity index (χ3n) is 6.48. The lowest BCUT2D eigenvalue weighted by molar-refractivity contribution is -0.129. The molecule has 0 saturated heterocycles. The molecule has 6 heteroatoms. The van der Waals surface area contributed by atoms with Gasteiger partial charge in [0.1, 0.15) is 0 Å². The first kappa shape index (κ1) is 21.6. The van der Waals surface area contributed by atoms with Gasteiger partial charge in [-0.05, 0) is 55.2 Å². The van der Waals surface area contributed by atoms with Crippen molar-refractivity contribution in [3.8, 4) is 0 Å². The Kier molecular flexibility index (Phi) is 5.49. The van der Waals surface area contributed by atoms with Gasteiger partial charge in [0.05, 0.1) is 11.6 Å². The topological polar surface area (TPSA) is 86.3 Å². The number of nitrogens with one attached hydrogen (secondary N) is 1. The lowest BCUT2D eigenvalue weighted by Gasteiger charge is -2.27. The van der Waals surface area contributed by atoms with Gasteiger partial charge in [0.15, 0.2) is 11.5 Å². The minimum absolute atomic E-state index is 0.0944. The largest absolute Gasteiger partial charge is 0.503 e. The van der Waals surface area contributed by atoms with Gasteiger partial charge >= 0.3 is 0 Å². The molecule has 0 aliphatic carbocycles. The second-order valence-electron chi connectivity index (χ2n) is 8.71. The predicted octanol–water partition coefficient (Wildman–Crippen LogP) is 5.00. The van der Waals surface area contributed by atoms with E-state index in [0.717, 1.165) is 33.2 Å². The minimum Gasteiger partial charge on any atom is -0.503 e. The minimum atomic E-state index is -0.674. The number of Topliss-reactive ketones (excluding diaryl/α,β-unsaturated/α-hetero) is 1. The van der Waals surface area contributed by atoms with Crippen LogP contribution in [0, 0.1) is 13.8 Å². The molecule has 5 rings (SSSR count). The van der Waals surface area contributed by atoms with Crippen molar-refractivity contribution in [1.29, 1.82) is 0 Å². The fraction of sp³-hybridized carbons (Fsp3) is 0.179. The molecule has 0 bridgehead atoms. The molecule has 1 atom stereocenters. The van der Waals surface area contributed by atoms with Crippen LogP contribution in [0.25, 0.3) is 10.9 Å². The van der Waals surface area contributed by atoms with Crippen molar-refractivity contribution in [2.75, 3.05) is 6.54 Å². The summed E-state index contributed by atoms with van der Waals surface area (Å²) in [4.78, 5) is 35.6. The van der Waals surface area contributed by atoms with Gasteiger partial charge < -0.3 is 15.0 Å². The van der Waals surface area contributed by atoms with Gasteiger partial charge in [-0.3, -0.25) is 14.6 Å². The number of hydrogen-bond donors (Lipinski definition) is 2. The maximum atomic E-state index is 13.4. The molecular formula is C28H25N3O3. The van der Waals surface area contributed by atoms with Crippen molar-refractivity contribution in [2.45, 2.75) is 26.3 Å². The van der Waals surface area contributed by atoms with Crippen LogP contribution in [-0.4, -0.2) is 38.2 Å². The second kappa shape index (κ2) is 8.63. The second-order valence-corrected chi connectivity index (χ2v) is 8.71. The van der Waals surface area contributed by atoms with E-state index in [-0.39, 0.29) is 5.57 Å². The number of amides is 1. The highest BCUT2D eigenvalue weighted by molar-refractivity contribution is 6.16. The highest BCUT2D eigenvalue weighted by atomic mass is 16.3. The molecule has 170 valence electrons. The number of carbonyl (C=O) groups is 2. The Morgan fingerprint density at radius 2 is 1.88 bits per heavy atom. The number of aryl methyl sites for hydroxylation is 2. The van der Waals surface area contributed by atoms with E-state index >= 15 is 0 Å². The number of carbonyl (C=O) groups excluding carboxylic acids is 2. The van der Waals surface area contributed by atoms with E-state index in [1.54, 1.807) is 23.2 Å². The molecule has 4 aromatic rings. The van der Waals surface area contributed by atoms with Crippen molar-refractivity contribution in [3.63, 3.8) is 0 Å². The highest BCUT2D eigenvalue weighted by Gasteiger charge is 2.43. The summed E-state index contributed by atoms with van der Waals surface area (Å²) in [7, 11) is 0. The molecule has 3 heterocycles. The fourth-order valence-electron chi connectivity index (χ4n) is 4.75. The summed E-state index contributed by atoms with van der Waals surface area (Å²) < 4.78 is 0. The average Bonchev–Trinajstić information content (AvgIpc) is 3.38. The number of H-pyrrole nitrogens is 1. The first-order valence-electron chi connectivity index (χ1n) is 11.3. The zero-order valence-electron chi connectivity index (χ0n) is 19.1. The smallest absolute Gasteiger partial charge is 0.290 e. The van der Waals surface area contributed by atoms with Crippen molar-refractivity contribution in [3.05, 3.63) is 112 Å². The van der Waals surface area contributed by atoms with Gasteiger partial charge in [-0.2, -0.15) is 0 Å². The SMILES string of the molecule is Cc1ccc(C2C(C(=O)c3cccnc3)=C(O)C(=O)N2CCc2c[nH]c3cccc(C)c23)cc1. The molecule has 2 aromatic heterocycles. The predicted molar refractivity (Wildman–Crippen MR) is 131 cm³/mol. The molecule has 1 amide bonds. The number of aliphatic hydroxyl groups excluding tert-OH is 1. The molecule has 0 saturated carbocycles. The van der Waals surface area contributed by atoms with Crippen LogP contribution in [0.5, 0.6) is 0 Å². The summed E-state index contributed by atoms with van der Waals surface area (Å²) in [5, 5.41) is 12.0. The van der Waals surface area contributed by atoms with Crippen LogP contribution < -0.4 is 0 Å². The molecule has 1 aliphatic heterocycles. The van der Waals surface area contributed by atoms with E-state index in [9.17, 15) is 14.7 Å². The number of fused-ring (bicyclic) bond motifs is 1. The highest BCUT2D eigenvalue weighted by Crippen LogP contribution is 2.39. The van der Waals surface area contributed by atoms with Crippen molar-refractivity contribution < 1.29 is 14.7 Å². The molecule has 0 radical (unpaired) electrons. The molecule has 2 N–H and O–H groups in total. The van der Waals surface area contributed by atoms with Crippen LogP contribution in [0.1, 0.15) is 38.7 Å². The summed E-state index contributed by atoms with van der Waals surface area (Å²) in [6, 6.07) is 16.4. The summed E-state index contributed by atoms with van der Waals surface area (Å²) >= 11 is 0. The number of ketones is 1. The molecule has 1 unspecified atom stereocenters. The van der Waals surface area contributed by atoms with E-state index in [1.165, 1.54) is 6.20 Å². The van der Waals surface area contributed by atoms with Crippen LogP contribution in [-0.2, 0) is 11.2 Å². The summed E-state index contributed by atoms with van der Waals surface area (Å²) in [6.07, 6.45) is 5.59. The molecule has 0 spiro atoms. The van der Waals surface area contributed by atoms with E-state index in [2.05, 4.69) is 23.0 Å². The number of nitrogens with zero attached hydrogens (tertiary/aromatic N) is 2. The molecular weight excluding hydrogens is 426 g/mol. The van der Waals surface area contributed by atoms with Gasteiger partial charge in [-0.25, -0.2) is 0 Å². The third-order valence-corrected chi connectivity index (χ3v) is 6.48. The lowest BCUT2D eigenvalue weighted by atomic mass is 9.92. The zero-order chi connectivity index (χ0) is 23.8. The Balaban J connectivity index is 1.52. The van der Waals surface area contributed by atoms with Gasteiger partial charge in [0.2, 0.25) is 0 Å². The molecule has 2 aromatic carbocycles. The zero-order valence-corrected chi connectivity index (χ0v) is 19.1. The van der Waals surface area contributed by atoms with Crippen molar-refractivity contribution in [1.82, 2.24) is 14.9 Å². The maximum absolute atomic E-state index is 13.4. The standard InChI is InChI=1S/C28H25N3O3/c1-17-8-10-19(11-9-17)25-24(26(32)21-6-4-13-29-15-21)27(33)28(34)31(25)14-12-20-16-30-22-7-3-5-18(2)23(20)22/h3-11,13,15-16,25,30,33H,12,14H2,1-2H3. The fourth-order valence-corrected chi connectivity index (χ4v) is 4.75. The number of aromatic nitrogens is 2. The summed E-state index contributed by atoms with van der Waals surface area (Å²) in [5.41, 5.74) is 5.58. The first-order valence-corrected chi connectivity index (χ1v) is 11.3. The normalized spacial score (nSPS) is 16.0. The molecule has 34 heavy (non-hydrogen) atoms. The first-order chi connectivity index (χ1) is 16.5. The van der Waals surface area contributed by atoms with Gasteiger partial charge in [0.25, 0.3) is 5.91 Å². The Morgan fingerprint density at radius 3 is 2.62 bits per heavy atom. The van der Waals surface area contributed by atoms with Crippen LogP contribution in [0.4, 0.5) is 0 Å². The van der Waals surface area contributed by atoms with E-state index in [0.29, 0.717) is 18.5 Å². The van der Waals surface area contributed by atoms with E-state index in [1.807, 2.05) is 49.5 Å². The number of benzene rings is 2. The number of aromatic amines is 1. The molecule has 0 fully saturated rings. The van der Waals surface area contributed by atoms with E-state index < -0.39 is 23.5 Å². The summed E-state index contributed by atoms with van der Waals surface area (Å²) in [5.74, 6) is -1.42. The van der Waals surface area contributed by atoms with Crippen molar-refractivity contribution >= 4 is 22.6 Å². The van der Waals surface area contributed by atoms with Crippen molar-refractivity contribution in [2.24, 2.45) is 0 Å². The quantitative estimate of drug-likeness (QED) is 0.404. The molecule has 6 nitrogen and oxygen atoms in total.